The molecule has 0 aliphatic carbocycles. The maximum atomic E-state index is 10.1. The fourth-order valence-corrected chi connectivity index (χ4v) is 1.03. The van der Waals surface area contributed by atoms with Crippen LogP contribution in [0.3, 0.4) is 0 Å². The number of carboxylic acids is 1. The molecule has 0 rings (SSSR count). The van der Waals surface area contributed by atoms with Gasteiger partial charge >= 0.3 is 5.97 Å². The highest BCUT2D eigenvalue weighted by molar-refractivity contribution is 5.66. The van der Waals surface area contributed by atoms with Crippen molar-refractivity contribution in [2.24, 2.45) is 0 Å². The summed E-state index contributed by atoms with van der Waals surface area (Å²) in [6.07, 6.45) is 0.997. The van der Waals surface area contributed by atoms with E-state index in [1.54, 1.807) is 7.11 Å². The Morgan fingerprint density at radius 3 is 2.79 bits per heavy atom. The topological polar surface area (TPSA) is 78.8 Å². The molecule has 5 heteroatoms. The molecule has 0 spiro atoms. The van der Waals surface area contributed by atoms with Gasteiger partial charge in [0.15, 0.2) is 0 Å². The summed E-state index contributed by atoms with van der Waals surface area (Å²) in [5.74, 6) is -0.772. The molecule has 1 unspecified atom stereocenters. The number of aliphatic carboxylic acids is 1. The average molecular weight is 205 g/mol. The van der Waals surface area contributed by atoms with Crippen molar-refractivity contribution in [2.45, 2.75) is 25.4 Å². The number of carboxylic acid groups (broad SMARTS) is 1. The van der Waals surface area contributed by atoms with Gasteiger partial charge in [-0.2, -0.15) is 0 Å². The van der Waals surface area contributed by atoms with Crippen LogP contribution in [-0.4, -0.2) is 49.1 Å². The van der Waals surface area contributed by atoms with E-state index >= 15 is 0 Å². The van der Waals surface area contributed by atoms with Gasteiger partial charge in [0.25, 0.3) is 0 Å². The maximum absolute atomic E-state index is 10.1. The molecule has 0 aromatic carbocycles. The minimum atomic E-state index is -0.772. The first-order valence-corrected chi connectivity index (χ1v) is 4.76. The van der Waals surface area contributed by atoms with Crippen LogP contribution in [0.25, 0.3) is 0 Å². The molecule has 1 atom stereocenters. The molecule has 0 saturated heterocycles. The van der Waals surface area contributed by atoms with Crippen LogP contribution in [0.2, 0.25) is 0 Å². The third-order valence-electron chi connectivity index (χ3n) is 1.76. The van der Waals surface area contributed by atoms with Crippen LogP contribution >= 0.6 is 0 Å². The zero-order chi connectivity index (χ0) is 10.8. The van der Waals surface area contributed by atoms with Gasteiger partial charge in [0.2, 0.25) is 0 Å². The zero-order valence-corrected chi connectivity index (χ0v) is 8.53. The minimum Gasteiger partial charge on any atom is -0.481 e. The Balaban J connectivity index is 3.09. The Hall–Kier alpha value is -0.650. The lowest BCUT2D eigenvalue weighted by atomic mass is 10.2. The fourth-order valence-electron chi connectivity index (χ4n) is 1.03. The minimum absolute atomic E-state index is 0.188. The molecule has 5 nitrogen and oxygen atoms in total. The van der Waals surface area contributed by atoms with Gasteiger partial charge in [0.05, 0.1) is 12.7 Å². The van der Waals surface area contributed by atoms with Crippen LogP contribution in [0, 0.1) is 0 Å². The molecule has 3 N–H and O–H groups in total. The normalized spacial score (nSPS) is 12.7. The molecule has 0 radical (unpaired) electrons. The van der Waals surface area contributed by atoms with Crippen molar-refractivity contribution >= 4 is 5.97 Å². The third kappa shape index (κ3) is 9.44. The van der Waals surface area contributed by atoms with Gasteiger partial charge in [-0.05, 0) is 25.9 Å². The van der Waals surface area contributed by atoms with Crippen molar-refractivity contribution in [3.05, 3.63) is 0 Å². The van der Waals surface area contributed by atoms with E-state index in [1.807, 2.05) is 0 Å². The summed E-state index contributed by atoms with van der Waals surface area (Å²) in [4.78, 5) is 10.1. The summed E-state index contributed by atoms with van der Waals surface area (Å²) >= 11 is 0. The van der Waals surface area contributed by atoms with E-state index in [4.69, 9.17) is 9.84 Å². The van der Waals surface area contributed by atoms with Crippen LogP contribution in [0.4, 0.5) is 0 Å². The number of nitrogens with one attached hydrogen (secondary N) is 1. The van der Waals surface area contributed by atoms with Crippen molar-refractivity contribution in [2.75, 3.05) is 26.8 Å². The van der Waals surface area contributed by atoms with Crippen LogP contribution in [0.1, 0.15) is 19.3 Å². The number of ether oxygens (including phenoxy) is 1. The SMILES string of the molecule is COCC(O)CCNCCCC(=O)O. The summed E-state index contributed by atoms with van der Waals surface area (Å²) in [7, 11) is 1.55. The Morgan fingerprint density at radius 1 is 1.50 bits per heavy atom. The van der Waals surface area contributed by atoms with Crippen molar-refractivity contribution in [1.82, 2.24) is 5.32 Å². The molecule has 0 aliphatic heterocycles. The Morgan fingerprint density at radius 2 is 2.21 bits per heavy atom. The second-order valence-electron chi connectivity index (χ2n) is 3.15. The van der Waals surface area contributed by atoms with E-state index in [2.05, 4.69) is 5.32 Å². The van der Waals surface area contributed by atoms with Crippen molar-refractivity contribution in [3.63, 3.8) is 0 Å². The fraction of sp³-hybridized carbons (Fsp3) is 0.889. The first kappa shape index (κ1) is 13.4. The highest BCUT2D eigenvalue weighted by atomic mass is 16.5. The van der Waals surface area contributed by atoms with Crippen LogP contribution in [-0.2, 0) is 9.53 Å². The van der Waals surface area contributed by atoms with E-state index in [0.29, 0.717) is 32.5 Å². The first-order valence-electron chi connectivity index (χ1n) is 4.76. The van der Waals surface area contributed by atoms with E-state index in [1.165, 1.54) is 0 Å². The smallest absolute Gasteiger partial charge is 0.303 e. The number of carbonyl (C=O) groups is 1. The predicted molar refractivity (Wildman–Crippen MR) is 52.2 cm³/mol. The molecule has 0 bridgehead atoms. The maximum Gasteiger partial charge on any atom is 0.303 e. The lowest BCUT2D eigenvalue weighted by Crippen LogP contribution is -2.24. The number of rotatable bonds is 9. The molecule has 0 aromatic heterocycles. The van der Waals surface area contributed by atoms with Gasteiger partial charge < -0.3 is 20.3 Å². The summed E-state index contributed by atoms with van der Waals surface area (Å²) in [5, 5.41) is 20.6. The van der Waals surface area contributed by atoms with Gasteiger partial charge in [-0.1, -0.05) is 0 Å². The van der Waals surface area contributed by atoms with Gasteiger partial charge in [-0.3, -0.25) is 4.79 Å². The van der Waals surface area contributed by atoms with Crippen LogP contribution in [0.15, 0.2) is 0 Å². The molecule has 0 amide bonds. The highest BCUT2D eigenvalue weighted by Crippen LogP contribution is 1.91. The molecule has 84 valence electrons. The molecule has 14 heavy (non-hydrogen) atoms. The van der Waals surface area contributed by atoms with Gasteiger partial charge in [0, 0.05) is 13.5 Å². The van der Waals surface area contributed by atoms with Crippen LogP contribution in [0.5, 0.6) is 0 Å². The molecule has 0 fully saturated rings. The molecule has 0 aromatic rings. The molecule has 0 aliphatic rings. The number of hydrogen-bond donors (Lipinski definition) is 3. The highest BCUT2D eigenvalue weighted by Gasteiger charge is 2.02. The third-order valence-corrected chi connectivity index (χ3v) is 1.76. The van der Waals surface area contributed by atoms with E-state index < -0.39 is 12.1 Å². The van der Waals surface area contributed by atoms with Gasteiger partial charge in [-0.25, -0.2) is 0 Å². The number of aliphatic hydroxyl groups excluding tert-OH is 1. The van der Waals surface area contributed by atoms with Crippen molar-refractivity contribution in [3.8, 4) is 0 Å². The van der Waals surface area contributed by atoms with Crippen molar-refractivity contribution in [1.29, 1.82) is 0 Å². The van der Waals surface area contributed by atoms with Gasteiger partial charge in [-0.15, -0.1) is 0 Å². The lowest BCUT2D eigenvalue weighted by molar-refractivity contribution is -0.137. The second kappa shape index (κ2) is 8.93. The summed E-state index contributed by atoms with van der Waals surface area (Å²) in [6, 6.07) is 0. The number of methoxy groups -OCH3 is 1. The summed E-state index contributed by atoms with van der Waals surface area (Å²) in [5.41, 5.74) is 0. The summed E-state index contributed by atoms with van der Waals surface area (Å²) < 4.78 is 4.76. The van der Waals surface area contributed by atoms with Gasteiger partial charge in [0.1, 0.15) is 0 Å². The Kier molecular flexibility index (Phi) is 8.51. The summed E-state index contributed by atoms with van der Waals surface area (Å²) in [6.45, 7) is 1.70. The van der Waals surface area contributed by atoms with Crippen LogP contribution < -0.4 is 5.32 Å². The Bertz CT molecular complexity index is 152. The van der Waals surface area contributed by atoms with E-state index in [9.17, 15) is 9.90 Å². The quantitative estimate of drug-likeness (QED) is 0.456. The lowest BCUT2D eigenvalue weighted by Gasteiger charge is -2.09. The zero-order valence-electron chi connectivity index (χ0n) is 8.53. The monoisotopic (exact) mass is 205 g/mol. The standard InChI is InChI=1S/C9H19NO4/c1-14-7-8(11)4-6-10-5-2-3-9(12)13/h8,10-11H,2-7H2,1H3,(H,12,13). The van der Waals surface area contributed by atoms with Crippen molar-refractivity contribution < 1.29 is 19.7 Å². The number of aliphatic hydroxyl groups is 1. The Labute approximate surface area is 84.1 Å². The largest absolute Gasteiger partial charge is 0.481 e. The molecular formula is C9H19NO4. The average Bonchev–Trinajstić information content (AvgIpc) is 2.11. The second-order valence-corrected chi connectivity index (χ2v) is 3.15. The molecule has 0 heterocycles. The van der Waals surface area contributed by atoms with E-state index in [0.717, 1.165) is 0 Å². The predicted octanol–water partition coefficient (Wildman–Crippen LogP) is -0.162. The molecular weight excluding hydrogens is 186 g/mol. The number of hydrogen-bond acceptors (Lipinski definition) is 4. The molecule has 0 saturated carbocycles. The first-order chi connectivity index (χ1) is 6.66. The van der Waals surface area contributed by atoms with E-state index in [-0.39, 0.29) is 6.42 Å².